The number of fused-ring (bicyclic) bond motifs is 2. The van der Waals surface area contributed by atoms with Gasteiger partial charge in [0, 0.05) is 23.0 Å². The van der Waals surface area contributed by atoms with E-state index in [-0.39, 0.29) is 5.78 Å². The molecule has 4 nitrogen and oxygen atoms in total. The highest BCUT2D eigenvalue weighted by atomic mass is 16.1. The number of nitrogens with zero attached hydrogens (tertiary/aromatic N) is 2. The van der Waals surface area contributed by atoms with Gasteiger partial charge in [-0.2, -0.15) is 0 Å². The molecule has 0 saturated carbocycles. The van der Waals surface area contributed by atoms with Gasteiger partial charge in [0.1, 0.15) is 5.69 Å². The number of para-hydroxylation sites is 1. The molecule has 1 aromatic carbocycles. The van der Waals surface area contributed by atoms with Crippen molar-refractivity contribution in [1.29, 1.82) is 0 Å². The van der Waals surface area contributed by atoms with E-state index in [2.05, 4.69) is 9.97 Å². The molecule has 4 rings (SSSR count). The fraction of sp³-hybridized carbons (Fsp3) is 0. The quantitative estimate of drug-likeness (QED) is 0.619. The van der Waals surface area contributed by atoms with Gasteiger partial charge in [0.05, 0.1) is 16.9 Å². The Morgan fingerprint density at radius 3 is 2.74 bits per heavy atom. The standard InChI is InChI=1S/C15H9N3O/c16-10-7-12(19)15-13-9(5-6-17-14(10)13)8-3-1-2-4-11(8)18-15/h1-7H,16H2. The predicted octanol–water partition coefficient (Wildman–Crippen LogP) is 2.28. The fourth-order valence-corrected chi connectivity index (χ4v) is 2.58. The first-order chi connectivity index (χ1) is 9.25. The molecule has 0 unspecified atom stereocenters. The number of nitrogens with two attached hydrogens (primary N) is 1. The average Bonchev–Trinajstić information content (AvgIpc) is 2.44. The minimum atomic E-state index is -0.159. The zero-order valence-corrected chi connectivity index (χ0v) is 9.92. The molecule has 0 radical (unpaired) electrons. The summed E-state index contributed by atoms with van der Waals surface area (Å²) < 4.78 is 0. The molecule has 1 aliphatic rings. The number of benzene rings is 1. The van der Waals surface area contributed by atoms with E-state index in [1.807, 2.05) is 30.3 Å². The van der Waals surface area contributed by atoms with Crippen LogP contribution in [0.5, 0.6) is 0 Å². The van der Waals surface area contributed by atoms with E-state index in [4.69, 9.17) is 5.73 Å². The van der Waals surface area contributed by atoms with Crippen molar-refractivity contribution >= 4 is 33.2 Å². The van der Waals surface area contributed by atoms with Gasteiger partial charge in [-0.05, 0) is 17.5 Å². The molecule has 2 N–H and O–H groups in total. The van der Waals surface area contributed by atoms with Crippen molar-refractivity contribution in [3.63, 3.8) is 0 Å². The van der Waals surface area contributed by atoms with Gasteiger partial charge in [-0.3, -0.25) is 9.78 Å². The second kappa shape index (κ2) is 3.38. The van der Waals surface area contributed by atoms with Gasteiger partial charge in [-0.15, -0.1) is 0 Å². The predicted molar refractivity (Wildman–Crippen MR) is 73.5 cm³/mol. The van der Waals surface area contributed by atoms with Gasteiger partial charge in [0.15, 0.2) is 0 Å². The van der Waals surface area contributed by atoms with Crippen LogP contribution in [0.4, 0.5) is 0 Å². The molecule has 2 heterocycles. The van der Waals surface area contributed by atoms with Gasteiger partial charge >= 0.3 is 0 Å². The van der Waals surface area contributed by atoms with Gasteiger partial charge in [0.2, 0.25) is 5.78 Å². The Hall–Kier alpha value is -2.75. The molecule has 0 bridgehead atoms. The van der Waals surface area contributed by atoms with Crippen LogP contribution in [-0.4, -0.2) is 15.8 Å². The molecule has 0 spiro atoms. The second-order valence-corrected chi connectivity index (χ2v) is 4.52. The molecule has 90 valence electrons. The van der Waals surface area contributed by atoms with Crippen LogP contribution in [0, 0.1) is 0 Å². The van der Waals surface area contributed by atoms with E-state index < -0.39 is 0 Å². The lowest BCUT2D eigenvalue weighted by atomic mass is 9.96. The summed E-state index contributed by atoms with van der Waals surface area (Å²) in [5, 5.41) is 2.73. The van der Waals surface area contributed by atoms with E-state index in [1.165, 1.54) is 6.08 Å². The van der Waals surface area contributed by atoms with Crippen molar-refractivity contribution in [3.8, 4) is 0 Å². The van der Waals surface area contributed by atoms with Crippen molar-refractivity contribution in [2.75, 3.05) is 0 Å². The number of carbonyl (C=O) groups excluding carboxylic acids is 1. The Labute approximate surface area is 108 Å². The monoisotopic (exact) mass is 247 g/mol. The maximum atomic E-state index is 12.1. The fourth-order valence-electron chi connectivity index (χ4n) is 2.58. The van der Waals surface area contributed by atoms with Crippen LogP contribution in [0.3, 0.4) is 0 Å². The Balaban J connectivity index is 2.34. The maximum absolute atomic E-state index is 12.1. The minimum Gasteiger partial charge on any atom is -0.397 e. The van der Waals surface area contributed by atoms with Crippen molar-refractivity contribution in [2.24, 2.45) is 5.73 Å². The van der Waals surface area contributed by atoms with Crippen molar-refractivity contribution < 1.29 is 4.79 Å². The number of hydrogen-bond acceptors (Lipinski definition) is 4. The summed E-state index contributed by atoms with van der Waals surface area (Å²) in [6, 6.07) is 9.66. The molecular weight excluding hydrogens is 238 g/mol. The Bertz CT molecular complexity index is 896. The first-order valence-electron chi connectivity index (χ1n) is 5.95. The van der Waals surface area contributed by atoms with Crippen molar-refractivity contribution in [1.82, 2.24) is 9.97 Å². The first kappa shape index (κ1) is 10.2. The largest absolute Gasteiger partial charge is 0.397 e. The van der Waals surface area contributed by atoms with Crippen LogP contribution in [0.25, 0.3) is 27.4 Å². The molecule has 0 amide bonds. The third-order valence-electron chi connectivity index (χ3n) is 3.41. The molecular formula is C15H9N3O. The number of aromatic nitrogens is 2. The molecule has 19 heavy (non-hydrogen) atoms. The van der Waals surface area contributed by atoms with E-state index in [9.17, 15) is 4.79 Å². The van der Waals surface area contributed by atoms with Crippen LogP contribution in [0.1, 0.15) is 16.2 Å². The summed E-state index contributed by atoms with van der Waals surface area (Å²) in [5.41, 5.74) is 8.18. The summed E-state index contributed by atoms with van der Waals surface area (Å²) in [5.74, 6) is -0.159. The van der Waals surface area contributed by atoms with E-state index in [1.54, 1.807) is 6.20 Å². The number of ketones is 1. The third kappa shape index (κ3) is 1.25. The SMILES string of the molecule is NC1=CC(=O)c2nc3ccccc3c3ccnc1c23. The molecule has 0 fully saturated rings. The molecule has 2 aromatic heterocycles. The van der Waals surface area contributed by atoms with Crippen LogP contribution >= 0.6 is 0 Å². The summed E-state index contributed by atoms with van der Waals surface area (Å²) in [6.45, 7) is 0. The van der Waals surface area contributed by atoms with Crippen LogP contribution in [-0.2, 0) is 0 Å². The number of allylic oxidation sites excluding steroid dienone is 1. The highest BCUT2D eigenvalue weighted by Crippen LogP contribution is 2.32. The number of carbonyl (C=O) groups is 1. The Kier molecular flexibility index (Phi) is 1.82. The molecule has 1 aliphatic carbocycles. The lowest BCUT2D eigenvalue weighted by Gasteiger charge is -2.15. The summed E-state index contributed by atoms with van der Waals surface area (Å²) in [6.07, 6.45) is 3.11. The van der Waals surface area contributed by atoms with E-state index >= 15 is 0 Å². The number of pyridine rings is 2. The average molecular weight is 247 g/mol. The lowest BCUT2D eigenvalue weighted by molar-refractivity contribution is 0.104. The number of hydrogen-bond donors (Lipinski definition) is 1. The van der Waals surface area contributed by atoms with Gasteiger partial charge in [-0.25, -0.2) is 4.98 Å². The summed E-state index contributed by atoms with van der Waals surface area (Å²) >= 11 is 0. The molecule has 0 aliphatic heterocycles. The molecule has 3 aromatic rings. The maximum Gasteiger partial charge on any atom is 0.207 e. The van der Waals surface area contributed by atoms with E-state index in [0.717, 1.165) is 21.7 Å². The topological polar surface area (TPSA) is 68.9 Å². The van der Waals surface area contributed by atoms with Crippen LogP contribution in [0.2, 0.25) is 0 Å². The number of rotatable bonds is 0. The van der Waals surface area contributed by atoms with Crippen LogP contribution in [0.15, 0.2) is 42.6 Å². The Morgan fingerprint density at radius 1 is 1.00 bits per heavy atom. The highest BCUT2D eigenvalue weighted by Gasteiger charge is 2.22. The van der Waals surface area contributed by atoms with Crippen molar-refractivity contribution in [2.45, 2.75) is 0 Å². The smallest absolute Gasteiger partial charge is 0.207 e. The van der Waals surface area contributed by atoms with Crippen LogP contribution < -0.4 is 5.73 Å². The van der Waals surface area contributed by atoms with E-state index in [0.29, 0.717) is 17.1 Å². The first-order valence-corrected chi connectivity index (χ1v) is 5.95. The molecule has 4 heteroatoms. The normalized spacial score (nSPS) is 13.9. The van der Waals surface area contributed by atoms with Gasteiger partial charge < -0.3 is 5.73 Å². The summed E-state index contributed by atoms with van der Waals surface area (Å²) in [4.78, 5) is 20.8. The lowest BCUT2D eigenvalue weighted by Crippen LogP contribution is -2.13. The third-order valence-corrected chi connectivity index (χ3v) is 3.41. The second-order valence-electron chi connectivity index (χ2n) is 4.52. The highest BCUT2D eigenvalue weighted by molar-refractivity contribution is 6.23. The summed E-state index contributed by atoms with van der Waals surface area (Å²) in [7, 11) is 0. The van der Waals surface area contributed by atoms with Gasteiger partial charge in [0.25, 0.3) is 0 Å². The minimum absolute atomic E-state index is 0.159. The zero-order valence-electron chi connectivity index (χ0n) is 9.92. The van der Waals surface area contributed by atoms with Gasteiger partial charge in [-0.1, -0.05) is 18.2 Å². The molecule has 0 atom stereocenters. The Morgan fingerprint density at radius 2 is 1.84 bits per heavy atom. The molecule has 0 saturated heterocycles. The zero-order chi connectivity index (χ0) is 13.0. The van der Waals surface area contributed by atoms with Crippen molar-refractivity contribution in [3.05, 3.63) is 54.0 Å².